The van der Waals surface area contributed by atoms with E-state index in [0.717, 1.165) is 13.0 Å². The Hall–Kier alpha value is -0.950. The van der Waals surface area contributed by atoms with E-state index in [9.17, 15) is 9.59 Å². The normalized spacial score (nSPS) is 23.1. The minimum atomic E-state index is -0.925. The van der Waals surface area contributed by atoms with Crippen molar-refractivity contribution < 1.29 is 14.7 Å². The van der Waals surface area contributed by atoms with E-state index in [-0.39, 0.29) is 6.03 Å². The zero-order valence-electron chi connectivity index (χ0n) is 10.2. The number of amides is 2. The molecule has 0 unspecified atom stereocenters. The van der Waals surface area contributed by atoms with E-state index in [0.29, 0.717) is 24.2 Å². The number of nitrogens with one attached hydrogen (secondary N) is 2. The van der Waals surface area contributed by atoms with Gasteiger partial charge in [-0.1, -0.05) is 0 Å². The summed E-state index contributed by atoms with van der Waals surface area (Å²) in [6.45, 7) is 1.49. The highest BCUT2D eigenvalue weighted by atomic mass is 32.2. The van der Waals surface area contributed by atoms with Gasteiger partial charge in [-0.3, -0.25) is 0 Å². The predicted molar refractivity (Wildman–Crippen MR) is 69.6 cm³/mol. The molecule has 0 aromatic rings. The standard InChI is InChI=1S/C11H19N3O3S/c15-10(16)9-6-18-7-14(9)11(17)13-5-1-4-12-8-2-3-8/h8-9,12H,1-7H2,(H,13,17)(H,15,16)/t9-/m0/s1. The fourth-order valence-corrected chi connectivity index (χ4v) is 2.97. The molecule has 0 spiro atoms. The molecule has 1 saturated carbocycles. The first-order valence-electron chi connectivity index (χ1n) is 6.27. The van der Waals surface area contributed by atoms with Crippen LogP contribution in [0.2, 0.25) is 0 Å². The van der Waals surface area contributed by atoms with E-state index in [2.05, 4.69) is 10.6 Å². The summed E-state index contributed by atoms with van der Waals surface area (Å²) in [4.78, 5) is 24.1. The van der Waals surface area contributed by atoms with Crippen LogP contribution < -0.4 is 10.6 Å². The molecule has 18 heavy (non-hydrogen) atoms. The van der Waals surface area contributed by atoms with E-state index >= 15 is 0 Å². The zero-order valence-corrected chi connectivity index (χ0v) is 11.0. The van der Waals surface area contributed by atoms with Crippen molar-refractivity contribution in [2.75, 3.05) is 24.7 Å². The molecule has 1 aliphatic heterocycles. The number of carboxylic acids is 1. The van der Waals surface area contributed by atoms with Crippen LogP contribution in [0.3, 0.4) is 0 Å². The van der Waals surface area contributed by atoms with Crippen molar-refractivity contribution in [1.82, 2.24) is 15.5 Å². The molecule has 0 aromatic carbocycles. The Morgan fingerprint density at radius 1 is 1.33 bits per heavy atom. The fourth-order valence-electron chi connectivity index (χ4n) is 1.83. The molecule has 1 saturated heterocycles. The molecule has 0 bridgehead atoms. The molecule has 1 atom stereocenters. The highest BCUT2D eigenvalue weighted by molar-refractivity contribution is 7.99. The van der Waals surface area contributed by atoms with Crippen LogP contribution in [0.15, 0.2) is 0 Å². The maximum atomic E-state index is 11.8. The molecule has 6 nitrogen and oxygen atoms in total. The number of hydrogen-bond donors (Lipinski definition) is 3. The smallest absolute Gasteiger partial charge is 0.327 e. The average Bonchev–Trinajstić information content (AvgIpc) is 3.02. The van der Waals surface area contributed by atoms with E-state index in [1.54, 1.807) is 0 Å². The van der Waals surface area contributed by atoms with Crippen LogP contribution in [-0.2, 0) is 4.79 Å². The molecule has 0 radical (unpaired) electrons. The first kappa shape index (κ1) is 13.5. The molecule has 1 aliphatic carbocycles. The van der Waals surface area contributed by atoms with Crippen molar-refractivity contribution in [2.24, 2.45) is 0 Å². The Kier molecular flexibility index (Phi) is 4.71. The van der Waals surface area contributed by atoms with E-state index in [1.807, 2.05) is 0 Å². The first-order valence-corrected chi connectivity index (χ1v) is 7.42. The lowest BCUT2D eigenvalue weighted by Gasteiger charge is -2.20. The van der Waals surface area contributed by atoms with Crippen LogP contribution in [0.5, 0.6) is 0 Å². The van der Waals surface area contributed by atoms with E-state index < -0.39 is 12.0 Å². The summed E-state index contributed by atoms with van der Waals surface area (Å²) in [6, 6.07) is -0.259. The number of rotatable bonds is 6. The molecule has 3 N–H and O–H groups in total. The van der Waals surface area contributed by atoms with Gasteiger partial charge in [-0.15, -0.1) is 11.8 Å². The third-order valence-electron chi connectivity index (χ3n) is 3.07. The predicted octanol–water partition coefficient (Wildman–Crippen LogP) is 0.298. The van der Waals surface area contributed by atoms with Gasteiger partial charge in [-0.2, -0.15) is 0 Å². The van der Waals surface area contributed by atoms with Gasteiger partial charge in [-0.25, -0.2) is 9.59 Å². The van der Waals surface area contributed by atoms with Crippen molar-refractivity contribution in [1.29, 1.82) is 0 Å². The van der Waals surface area contributed by atoms with Crippen LogP contribution in [0.1, 0.15) is 19.3 Å². The van der Waals surface area contributed by atoms with Crippen molar-refractivity contribution in [3.05, 3.63) is 0 Å². The van der Waals surface area contributed by atoms with Gasteiger partial charge in [0.1, 0.15) is 6.04 Å². The summed E-state index contributed by atoms with van der Waals surface area (Å²) in [6.07, 6.45) is 3.40. The van der Waals surface area contributed by atoms with Crippen molar-refractivity contribution in [3.8, 4) is 0 Å². The van der Waals surface area contributed by atoms with Gasteiger partial charge >= 0.3 is 12.0 Å². The highest BCUT2D eigenvalue weighted by Gasteiger charge is 2.34. The molecule has 102 valence electrons. The molecule has 1 heterocycles. The number of hydrogen-bond acceptors (Lipinski definition) is 4. The molecule has 2 amide bonds. The second-order valence-corrected chi connectivity index (χ2v) is 5.64. The monoisotopic (exact) mass is 273 g/mol. The van der Waals surface area contributed by atoms with Crippen molar-refractivity contribution >= 4 is 23.8 Å². The maximum Gasteiger partial charge on any atom is 0.327 e. The number of carbonyl (C=O) groups is 2. The third kappa shape index (κ3) is 3.78. The number of nitrogens with zero attached hydrogens (tertiary/aromatic N) is 1. The lowest BCUT2D eigenvalue weighted by Crippen LogP contribution is -2.47. The first-order chi connectivity index (χ1) is 8.68. The number of aliphatic carboxylic acids is 1. The van der Waals surface area contributed by atoms with Gasteiger partial charge in [0.05, 0.1) is 5.88 Å². The molecule has 2 fully saturated rings. The summed E-state index contributed by atoms with van der Waals surface area (Å²) in [5.41, 5.74) is 0. The van der Waals surface area contributed by atoms with Gasteiger partial charge in [0.25, 0.3) is 0 Å². The Morgan fingerprint density at radius 2 is 2.11 bits per heavy atom. The van der Waals surface area contributed by atoms with Crippen LogP contribution in [0.4, 0.5) is 4.79 Å². The van der Waals surface area contributed by atoms with Gasteiger partial charge in [0, 0.05) is 18.3 Å². The van der Waals surface area contributed by atoms with Crippen molar-refractivity contribution in [3.63, 3.8) is 0 Å². The zero-order chi connectivity index (χ0) is 13.0. The summed E-state index contributed by atoms with van der Waals surface area (Å²) < 4.78 is 0. The average molecular weight is 273 g/mol. The van der Waals surface area contributed by atoms with Gasteiger partial charge in [-0.05, 0) is 25.8 Å². The second kappa shape index (κ2) is 6.29. The second-order valence-electron chi connectivity index (χ2n) is 4.64. The van der Waals surface area contributed by atoms with Crippen LogP contribution in [0, 0.1) is 0 Å². The topological polar surface area (TPSA) is 81.7 Å². The quantitative estimate of drug-likeness (QED) is 0.606. The molecule has 2 aliphatic rings. The molecule has 7 heteroatoms. The summed E-state index contributed by atoms with van der Waals surface area (Å²) in [5, 5.41) is 15.1. The highest BCUT2D eigenvalue weighted by Crippen LogP contribution is 2.20. The SMILES string of the molecule is O=C(O)[C@@H]1CSCN1C(=O)NCCCNC1CC1. The molecule has 0 aromatic heterocycles. The summed E-state index contributed by atoms with van der Waals surface area (Å²) >= 11 is 1.47. The van der Waals surface area contributed by atoms with Crippen LogP contribution in [-0.4, -0.2) is 58.8 Å². The number of thioether (sulfide) groups is 1. The number of urea groups is 1. The Bertz CT molecular complexity index is 323. The minimum Gasteiger partial charge on any atom is -0.480 e. The Labute approximate surface area is 110 Å². The van der Waals surface area contributed by atoms with E-state index in [1.165, 1.54) is 29.5 Å². The summed E-state index contributed by atoms with van der Waals surface area (Å²) in [5.74, 6) is 0.0142. The molecule has 2 rings (SSSR count). The Balaban J connectivity index is 1.62. The number of carbonyl (C=O) groups excluding carboxylic acids is 1. The minimum absolute atomic E-state index is 0.265. The van der Waals surface area contributed by atoms with Crippen molar-refractivity contribution in [2.45, 2.75) is 31.3 Å². The fraction of sp³-hybridized carbons (Fsp3) is 0.818. The largest absolute Gasteiger partial charge is 0.480 e. The van der Waals surface area contributed by atoms with Gasteiger partial charge in [0.15, 0.2) is 0 Å². The maximum absolute atomic E-state index is 11.8. The Morgan fingerprint density at radius 3 is 2.78 bits per heavy atom. The van der Waals surface area contributed by atoms with E-state index in [4.69, 9.17) is 5.11 Å². The molecular formula is C11H19N3O3S. The lowest BCUT2D eigenvalue weighted by molar-refractivity contribution is -0.140. The van der Waals surface area contributed by atoms with Gasteiger partial charge in [0.2, 0.25) is 0 Å². The van der Waals surface area contributed by atoms with Crippen LogP contribution >= 0.6 is 11.8 Å². The van der Waals surface area contributed by atoms with Gasteiger partial charge < -0.3 is 20.6 Å². The third-order valence-corrected chi connectivity index (χ3v) is 4.08. The van der Waals surface area contributed by atoms with Crippen LogP contribution in [0.25, 0.3) is 0 Å². The number of carboxylic acid groups (broad SMARTS) is 1. The summed E-state index contributed by atoms with van der Waals surface area (Å²) in [7, 11) is 0. The molecular weight excluding hydrogens is 254 g/mol. The lowest BCUT2D eigenvalue weighted by atomic mass is 10.3.